The van der Waals surface area contributed by atoms with Gasteiger partial charge in [-0.05, 0) is 62.4 Å². The molecule has 81 heavy (non-hydrogen) atoms. The predicted molar refractivity (Wildman–Crippen MR) is 299 cm³/mol. The lowest BCUT2D eigenvalue weighted by Gasteiger charge is -2.06. The average molecular weight is 1370 g/mol. The van der Waals surface area contributed by atoms with Crippen molar-refractivity contribution in [3.63, 3.8) is 0 Å². The Labute approximate surface area is 497 Å². The van der Waals surface area contributed by atoms with Gasteiger partial charge in [0, 0.05) is 59.8 Å². The van der Waals surface area contributed by atoms with Crippen LogP contribution in [0.15, 0.2) is 113 Å². The molecule has 0 saturated heterocycles. The highest BCUT2D eigenvalue weighted by atomic mass is 79.9. The van der Waals surface area contributed by atoms with Crippen LogP contribution in [0.4, 0.5) is 52.7 Å². The van der Waals surface area contributed by atoms with Crippen molar-refractivity contribution in [3.8, 4) is 33.8 Å². The number of nitrogens with two attached hydrogens (primary N) is 1. The second-order valence-corrected chi connectivity index (χ2v) is 21.0. The standard InChI is InChI=1S/C13H10F3NO2S.C11H7ClF3NS.C11H8F3NOS.C9H6BrF3O.C4H7NO2S.CH4.Cl2OS/c1-2-19-12(18)11-17-10(7-20-11)8-3-5-9(6-4-8)13(14,15)16;12-5-10-16-9(6-17-10)7-1-3-8(4-2-7)11(13,14)15;12-11(13,14)8-3-1-7(2-4-8)9-6-17-10(5-16)15-9;10-5-8(14)6-1-3-7(4-2-6)9(11,12)13;1-2-7-4(6)3(5)8;;1-4(2)3/h3-7H,2H2,1H3;1-4,6H,5H2;1-4,6,16H,5H2;1-4H,5H2;2H2,1H3,(H2,5,8);1H4;. The molecule has 0 amide bonds. The Morgan fingerprint density at radius 2 is 0.926 bits per heavy atom. The van der Waals surface area contributed by atoms with Crippen LogP contribution in [-0.2, 0) is 60.7 Å². The van der Waals surface area contributed by atoms with Crippen LogP contribution in [0.5, 0.6) is 0 Å². The van der Waals surface area contributed by atoms with Crippen LogP contribution in [0.3, 0.4) is 0 Å². The van der Waals surface area contributed by atoms with Crippen molar-refractivity contribution in [2.45, 2.75) is 58.5 Å². The molecular formula is C49H42BrCl3F12N4O7S5. The summed E-state index contributed by atoms with van der Waals surface area (Å²) in [5.74, 6) is -1.07. The van der Waals surface area contributed by atoms with E-state index in [9.17, 15) is 67.1 Å². The van der Waals surface area contributed by atoms with Crippen LogP contribution < -0.4 is 5.73 Å². The highest BCUT2D eigenvalue weighted by Gasteiger charge is 2.32. The van der Waals surface area contributed by atoms with Gasteiger partial charge in [0.15, 0.2) is 10.8 Å². The third kappa shape index (κ3) is 26.8. The quantitative estimate of drug-likeness (QED) is 0.0332. The zero-order chi connectivity index (χ0) is 60.6. The first-order valence-corrected chi connectivity index (χ1v) is 29.0. The minimum absolute atomic E-state index is 0. The van der Waals surface area contributed by atoms with E-state index < -0.39 is 68.1 Å². The first-order valence-electron chi connectivity index (χ1n) is 21.5. The number of thiocarbonyl (C=S) groups is 1. The van der Waals surface area contributed by atoms with Gasteiger partial charge >= 0.3 is 36.6 Å². The summed E-state index contributed by atoms with van der Waals surface area (Å²) in [7, 11) is 7.36. The maximum Gasteiger partial charge on any atom is 0.416 e. The van der Waals surface area contributed by atoms with Crippen molar-refractivity contribution < 1.29 is 85.9 Å². The Bertz CT molecular complexity index is 2970. The first-order chi connectivity index (χ1) is 37.3. The summed E-state index contributed by atoms with van der Waals surface area (Å²) in [6.07, 6.45) is -17.3. The van der Waals surface area contributed by atoms with E-state index in [1.807, 2.05) is 0 Å². The fraction of sp³-hybridized carbons (Fsp3) is 0.245. The number of hydrogen-bond acceptors (Lipinski definition) is 14. The van der Waals surface area contributed by atoms with E-state index in [0.717, 1.165) is 64.9 Å². The highest BCUT2D eigenvalue weighted by molar-refractivity contribution is 9.09. The number of esters is 2. The van der Waals surface area contributed by atoms with Crippen LogP contribution >= 0.6 is 95.1 Å². The van der Waals surface area contributed by atoms with E-state index >= 15 is 0 Å². The maximum absolute atomic E-state index is 12.4. The summed E-state index contributed by atoms with van der Waals surface area (Å²) >= 11 is 16.6. The Morgan fingerprint density at radius 1 is 0.605 bits per heavy atom. The van der Waals surface area contributed by atoms with Gasteiger partial charge in [0.05, 0.1) is 70.4 Å². The van der Waals surface area contributed by atoms with Gasteiger partial charge in [-0.15, -0.1) is 45.6 Å². The lowest BCUT2D eigenvalue weighted by atomic mass is 10.1. The molecule has 32 heteroatoms. The molecule has 7 aromatic rings. The number of rotatable bonds is 10. The smallest absolute Gasteiger partial charge is 0.416 e. The molecule has 0 saturated carbocycles. The van der Waals surface area contributed by atoms with Gasteiger partial charge in [-0.3, -0.25) is 4.79 Å². The second-order valence-electron chi connectivity index (χ2n) is 14.4. The molecule has 442 valence electrons. The number of aliphatic hydroxyl groups is 1. The van der Waals surface area contributed by atoms with Gasteiger partial charge in [-0.1, -0.05) is 84.1 Å². The molecule has 7 rings (SSSR count). The SMILES string of the molecule is C.CCOC(=O)C(N)=S.CCOC(=O)c1nc(-c2ccc(C(F)(F)F)cc2)cs1.FC(F)(F)c1ccc(-c2csc(CCl)n2)cc1.O=C(CBr)c1ccc(C(F)(F)F)cc1.O=S(Cl)Cl.OCc1nc(-c2ccc(C(F)(F)F)cc2)cs1. The summed E-state index contributed by atoms with van der Waals surface area (Å²) < 4.78 is 166. The number of halogens is 16. The van der Waals surface area contributed by atoms with E-state index in [1.54, 1.807) is 30.0 Å². The summed E-state index contributed by atoms with van der Waals surface area (Å²) in [5, 5.41) is 15.5. The van der Waals surface area contributed by atoms with Crippen molar-refractivity contribution in [2.75, 3.05) is 18.5 Å². The number of aromatic nitrogens is 3. The number of ether oxygens (including phenoxy) is 2. The monoisotopic (exact) mass is 1370 g/mol. The summed E-state index contributed by atoms with van der Waals surface area (Å²) in [5.41, 5.74) is 5.81. The molecule has 0 aliphatic rings. The van der Waals surface area contributed by atoms with Crippen molar-refractivity contribution in [1.82, 2.24) is 15.0 Å². The van der Waals surface area contributed by atoms with Crippen LogP contribution in [0.2, 0.25) is 0 Å². The molecular weight excluding hydrogens is 1330 g/mol. The minimum atomic E-state index is -4.36. The zero-order valence-electron chi connectivity index (χ0n) is 40.4. The number of nitrogens with zero attached hydrogens (tertiary/aromatic N) is 3. The molecule has 0 unspecified atom stereocenters. The molecule has 0 bridgehead atoms. The van der Waals surface area contributed by atoms with E-state index in [0.29, 0.717) is 51.3 Å². The van der Waals surface area contributed by atoms with Crippen molar-refractivity contribution >= 4 is 127 Å². The van der Waals surface area contributed by atoms with Crippen molar-refractivity contribution in [1.29, 1.82) is 0 Å². The number of hydrogen-bond donors (Lipinski definition) is 2. The molecule has 4 aromatic carbocycles. The molecule has 11 nitrogen and oxygen atoms in total. The number of alkyl halides is 14. The number of benzene rings is 4. The average Bonchev–Trinajstić information content (AvgIpc) is 4.26. The van der Waals surface area contributed by atoms with Crippen LogP contribution in [-0.4, -0.2) is 65.5 Å². The topological polar surface area (TPSA) is 172 Å². The minimum Gasteiger partial charge on any atom is -0.461 e. The normalized spacial score (nSPS) is 11.0. The fourth-order valence-corrected chi connectivity index (χ4v) is 7.99. The summed E-state index contributed by atoms with van der Waals surface area (Å²) in [6, 6.07) is 18.5. The Hall–Kier alpha value is -5.11. The summed E-state index contributed by atoms with van der Waals surface area (Å²) in [4.78, 5) is 44.9. The Balaban J connectivity index is 0.000000506. The van der Waals surface area contributed by atoms with E-state index in [4.69, 9.17) is 31.4 Å². The molecule has 0 aliphatic heterocycles. The van der Waals surface area contributed by atoms with E-state index in [-0.39, 0.29) is 47.3 Å². The number of ketones is 1. The predicted octanol–water partition coefficient (Wildman–Crippen LogP) is 16.7. The number of aliphatic hydroxyl groups excluding tert-OH is 1. The molecule has 3 heterocycles. The van der Waals surface area contributed by atoms with Gasteiger partial charge < -0.3 is 20.3 Å². The van der Waals surface area contributed by atoms with Crippen LogP contribution in [0, 0.1) is 0 Å². The molecule has 0 atom stereocenters. The van der Waals surface area contributed by atoms with E-state index in [2.05, 4.69) is 69.2 Å². The number of Topliss-reactive ketones (excluding diaryl/α,β-unsaturated/α-hetero) is 1. The van der Waals surface area contributed by atoms with Crippen molar-refractivity contribution in [3.05, 3.63) is 156 Å². The molecule has 0 aliphatic carbocycles. The first kappa shape index (κ1) is 73.9. The van der Waals surface area contributed by atoms with Crippen molar-refractivity contribution in [2.24, 2.45) is 5.73 Å². The Kier molecular flexibility index (Phi) is 32.0. The third-order valence-corrected chi connectivity index (χ3v) is 12.6. The molecule has 0 spiro atoms. The summed E-state index contributed by atoms with van der Waals surface area (Å²) in [6.45, 7) is 3.77. The van der Waals surface area contributed by atoms with Gasteiger partial charge in [-0.2, -0.15) is 52.7 Å². The maximum atomic E-state index is 12.4. The van der Waals surface area contributed by atoms with E-state index in [1.165, 1.54) is 71.2 Å². The molecule has 0 fully saturated rings. The molecule has 3 N–H and O–H groups in total. The van der Waals surface area contributed by atoms with Gasteiger partial charge in [-0.25, -0.2) is 28.7 Å². The second kappa shape index (κ2) is 35.1. The highest BCUT2D eigenvalue weighted by Crippen LogP contribution is 2.34. The zero-order valence-corrected chi connectivity index (χ0v) is 48.3. The largest absolute Gasteiger partial charge is 0.461 e. The Morgan fingerprint density at radius 3 is 1.20 bits per heavy atom. The van der Waals surface area contributed by atoms with Gasteiger partial charge in [0.25, 0.3) is 0 Å². The lowest BCUT2D eigenvalue weighted by Crippen LogP contribution is -2.23. The van der Waals surface area contributed by atoms with Gasteiger partial charge in [0.2, 0.25) is 14.2 Å². The molecule has 3 aromatic heterocycles. The fourth-order valence-electron chi connectivity index (χ4n) is 5.33. The number of thiazole rings is 3. The molecule has 0 radical (unpaired) electrons. The van der Waals surface area contributed by atoms with Crippen LogP contribution in [0.25, 0.3) is 33.8 Å². The van der Waals surface area contributed by atoms with Gasteiger partial charge in [0.1, 0.15) is 10.0 Å². The van der Waals surface area contributed by atoms with Crippen LogP contribution in [0.1, 0.15) is 73.7 Å². The third-order valence-electron chi connectivity index (χ3n) is 8.96. The number of carbonyl (C=O) groups excluding carboxylic acids is 3. The lowest BCUT2D eigenvalue weighted by molar-refractivity contribution is -0.138. The number of carbonyl (C=O) groups is 3.